The van der Waals surface area contributed by atoms with Crippen molar-refractivity contribution in [2.45, 2.75) is 51.6 Å². The Bertz CT molecular complexity index is 1210. The summed E-state index contributed by atoms with van der Waals surface area (Å²) in [7, 11) is 0. The largest absolute Gasteiger partial charge is 0.511 e. The van der Waals surface area contributed by atoms with Gasteiger partial charge in [-0.3, -0.25) is 19.2 Å². The van der Waals surface area contributed by atoms with Gasteiger partial charge in [0.15, 0.2) is 17.2 Å². The first-order valence-electron chi connectivity index (χ1n) is 11.2. The van der Waals surface area contributed by atoms with Crippen LogP contribution in [0.25, 0.3) is 0 Å². The molecule has 9 heteroatoms. The Morgan fingerprint density at radius 1 is 1.15 bits per heavy atom. The molecule has 1 amide bonds. The Morgan fingerprint density at radius 3 is 2.44 bits per heavy atom. The number of aliphatic hydroxyl groups excluding tert-OH is 2. The predicted molar refractivity (Wildman–Crippen MR) is 119 cm³/mol. The lowest BCUT2D eigenvalue weighted by Crippen LogP contribution is -2.57. The molecule has 9 nitrogen and oxygen atoms in total. The lowest BCUT2D eigenvalue weighted by molar-refractivity contribution is -0.144. The van der Waals surface area contributed by atoms with E-state index in [4.69, 9.17) is 5.73 Å². The van der Waals surface area contributed by atoms with Gasteiger partial charge in [0.05, 0.1) is 5.56 Å². The third-order valence-corrected chi connectivity index (χ3v) is 7.19. The summed E-state index contributed by atoms with van der Waals surface area (Å²) < 4.78 is 0. The molecule has 0 saturated carbocycles. The maximum atomic E-state index is 13.5. The zero-order valence-corrected chi connectivity index (χ0v) is 18.9. The molecule has 3 aliphatic rings. The van der Waals surface area contributed by atoms with Crippen molar-refractivity contribution in [1.82, 2.24) is 0 Å². The van der Waals surface area contributed by atoms with Crippen LogP contribution in [-0.4, -0.2) is 49.3 Å². The van der Waals surface area contributed by atoms with Gasteiger partial charge in [-0.2, -0.15) is 0 Å². The first-order chi connectivity index (χ1) is 15.9. The molecular formula is C25H27NO8. The van der Waals surface area contributed by atoms with Gasteiger partial charge < -0.3 is 26.2 Å². The second kappa shape index (κ2) is 8.09. The van der Waals surface area contributed by atoms with Crippen molar-refractivity contribution < 1.29 is 39.6 Å². The summed E-state index contributed by atoms with van der Waals surface area (Å²) in [5, 5.41) is 42.9. The number of rotatable bonds is 5. The number of fused-ring (bicyclic) bond motifs is 3. The number of phenols is 1. The molecule has 0 radical (unpaired) electrons. The van der Waals surface area contributed by atoms with Crippen LogP contribution >= 0.6 is 0 Å². The van der Waals surface area contributed by atoms with Gasteiger partial charge in [-0.1, -0.05) is 13.8 Å². The number of carbonyl (C=O) groups is 4. The highest BCUT2D eigenvalue weighted by Crippen LogP contribution is 2.51. The Kier molecular flexibility index (Phi) is 5.64. The molecule has 3 aliphatic carbocycles. The molecule has 180 valence electrons. The van der Waals surface area contributed by atoms with Crippen LogP contribution < -0.4 is 5.73 Å². The lowest BCUT2D eigenvalue weighted by atomic mass is 9.60. The molecule has 34 heavy (non-hydrogen) atoms. The van der Waals surface area contributed by atoms with Gasteiger partial charge >= 0.3 is 0 Å². The van der Waals surface area contributed by atoms with Crippen molar-refractivity contribution in [2.24, 2.45) is 23.5 Å². The monoisotopic (exact) mass is 469 g/mol. The Morgan fingerprint density at radius 2 is 1.82 bits per heavy atom. The van der Waals surface area contributed by atoms with E-state index in [-0.39, 0.29) is 48.4 Å². The van der Waals surface area contributed by atoms with Crippen LogP contribution in [0.4, 0.5) is 0 Å². The summed E-state index contributed by atoms with van der Waals surface area (Å²) in [6.45, 7) is 3.98. The minimum Gasteiger partial charge on any atom is -0.511 e. The zero-order valence-electron chi connectivity index (χ0n) is 18.9. The van der Waals surface area contributed by atoms with Crippen LogP contribution in [0, 0.1) is 17.8 Å². The Hall–Kier alpha value is -3.46. The molecule has 1 aromatic carbocycles. The number of aliphatic hydroxyl groups is 3. The highest BCUT2D eigenvalue weighted by Gasteiger charge is 2.59. The van der Waals surface area contributed by atoms with Gasteiger partial charge in [0.2, 0.25) is 5.78 Å². The zero-order chi connectivity index (χ0) is 25.1. The van der Waals surface area contributed by atoms with E-state index in [1.165, 1.54) is 12.1 Å². The minimum atomic E-state index is -2.60. The van der Waals surface area contributed by atoms with Crippen molar-refractivity contribution in [3.05, 3.63) is 51.5 Å². The number of hydrogen-bond donors (Lipinski definition) is 5. The minimum absolute atomic E-state index is 0.0260. The average molecular weight is 469 g/mol. The second-order valence-corrected chi connectivity index (χ2v) is 9.75. The van der Waals surface area contributed by atoms with Gasteiger partial charge in [0.1, 0.15) is 22.8 Å². The number of hydrogen-bond acceptors (Lipinski definition) is 8. The van der Waals surface area contributed by atoms with Gasteiger partial charge in [-0.05, 0) is 48.8 Å². The van der Waals surface area contributed by atoms with Crippen LogP contribution in [0.2, 0.25) is 0 Å². The SMILES string of the molecule is CC(C)CCC(=O)c1ccc(O)c2c1C[C@H]1C[C@H]3CC(O)=C(C(N)=O)C(=O)[C@@]3(O)C(O)=C1C2=O. The summed E-state index contributed by atoms with van der Waals surface area (Å²) in [4.78, 5) is 51.0. The summed E-state index contributed by atoms with van der Waals surface area (Å²) in [5.74, 6) is -6.71. The average Bonchev–Trinajstić information content (AvgIpc) is 2.74. The van der Waals surface area contributed by atoms with Gasteiger partial charge in [0, 0.05) is 29.9 Å². The number of allylic oxidation sites excluding steroid dienone is 2. The molecule has 1 aromatic rings. The van der Waals surface area contributed by atoms with Crippen molar-refractivity contribution in [2.75, 3.05) is 0 Å². The lowest BCUT2D eigenvalue weighted by Gasteiger charge is -2.45. The Labute approximate surface area is 195 Å². The van der Waals surface area contributed by atoms with E-state index in [1.807, 2.05) is 13.8 Å². The van der Waals surface area contributed by atoms with E-state index in [0.717, 1.165) is 0 Å². The fourth-order valence-electron chi connectivity index (χ4n) is 5.43. The van der Waals surface area contributed by atoms with Crippen molar-refractivity contribution >= 4 is 23.3 Å². The Balaban J connectivity index is 1.83. The quantitative estimate of drug-likeness (QED) is 0.322. The normalized spacial score (nSPS) is 26.4. The molecule has 0 fully saturated rings. The van der Waals surface area contributed by atoms with E-state index in [9.17, 15) is 39.6 Å². The number of primary amides is 1. The van der Waals surface area contributed by atoms with Gasteiger partial charge in [0.25, 0.3) is 5.91 Å². The number of phenolic OH excluding ortho intramolecular Hbond substituents is 1. The molecule has 6 N–H and O–H groups in total. The molecular weight excluding hydrogens is 442 g/mol. The van der Waals surface area contributed by atoms with E-state index >= 15 is 0 Å². The molecule has 4 rings (SSSR count). The number of nitrogens with two attached hydrogens (primary N) is 1. The van der Waals surface area contributed by atoms with Crippen molar-refractivity contribution in [1.29, 1.82) is 0 Å². The highest BCUT2D eigenvalue weighted by atomic mass is 16.3. The molecule has 0 spiro atoms. The number of aromatic hydroxyl groups is 1. The fourth-order valence-corrected chi connectivity index (χ4v) is 5.43. The third-order valence-electron chi connectivity index (χ3n) is 7.19. The highest BCUT2D eigenvalue weighted by molar-refractivity contribution is 6.24. The topological polar surface area (TPSA) is 175 Å². The predicted octanol–water partition coefficient (Wildman–Crippen LogP) is 2.20. The fraction of sp³-hybridized carbons (Fsp3) is 0.440. The molecule has 0 saturated heterocycles. The number of Topliss-reactive ketones (excluding diaryl/α,β-unsaturated/α-hetero) is 3. The summed E-state index contributed by atoms with van der Waals surface area (Å²) in [6.07, 6.45) is 0.773. The smallest absolute Gasteiger partial charge is 0.255 e. The maximum Gasteiger partial charge on any atom is 0.255 e. The summed E-state index contributed by atoms with van der Waals surface area (Å²) >= 11 is 0. The number of ketones is 3. The molecule has 0 aliphatic heterocycles. The van der Waals surface area contributed by atoms with E-state index in [2.05, 4.69) is 0 Å². The summed E-state index contributed by atoms with van der Waals surface area (Å²) in [5.41, 5.74) is 2.07. The molecule has 0 heterocycles. The first kappa shape index (κ1) is 23.7. The first-order valence-corrected chi connectivity index (χ1v) is 11.2. The summed E-state index contributed by atoms with van der Waals surface area (Å²) in [6, 6.07) is 2.73. The van der Waals surface area contributed by atoms with Crippen molar-refractivity contribution in [3.8, 4) is 5.75 Å². The van der Waals surface area contributed by atoms with Gasteiger partial charge in [-0.25, -0.2) is 0 Å². The van der Waals surface area contributed by atoms with Crippen LogP contribution in [0.1, 0.15) is 65.8 Å². The number of benzene rings is 1. The van der Waals surface area contributed by atoms with Gasteiger partial charge in [-0.15, -0.1) is 0 Å². The van der Waals surface area contributed by atoms with Crippen molar-refractivity contribution in [3.63, 3.8) is 0 Å². The standard InChI is InChI=1S/C25H27NO8/c1-10(2)3-5-15(27)13-4-6-16(28)19-14(13)8-11-7-12-9-17(29)20(24(26)33)23(32)25(12,34)22(31)18(11)21(19)30/h4,6,10-12,28-29,31,34H,3,5,7-9H2,1-2H3,(H2,26,33)/t11-,12+,25+/m1/s1. The molecule has 3 atom stereocenters. The van der Waals surface area contributed by atoms with E-state index < -0.39 is 52.0 Å². The van der Waals surface area contributed by atoms with Crippen LogP contribution in [0.15, 0.2) is 34.8 Å². The molecule has 0 unspecified atom stereocenters. The third kappa shape index (κ3) is 3.34. The second-order valence-electron chi connectivity index (χ2n) is 9.75. The van der Waals surface area contributed by atoms with Crippen LogP contribution in [-0.2, 0) is 16.0 Å². The van der Waals surface area contributed by atoms with E-state index in [1.54, 1.807) is 0 Å². The van der Waals surface area contributed by atoms with E-state index in [0.29, 0.717) is 23.5 Å². The molecule has 0 bridgehead atoms. The van der Waals surface area contributed by atoms with Crippen LogP contribution in [0.5, 0.6) is 5.75 Å². The van der Waals surface area contributed by atoms with Crippen LogP contribution in [0.3, 0.4) is 0 Å². The molecule has 0 aromatic heterocycles. The number of carbonyl (C=O) groups excluding carboxylic acids is 4. The number of amides is 1. The maximum absolute atomic E-state index is 13.5.